The lowest BCUT2D eigenvalue weighted by Gasteiger charge is -2.10. The van der Waals surface area contributed by atoms with Gasteiger partial charge in [-0.2, -0.15) is 0 Å². The van der Waals surface area contributed by atoms with Gasteiger partial charge in [0.2, 0.25) is 0 Å². The second kappa shape index (κ2) is 3.57. The Balaban J connectivity index is 2.29. The predicted molar refractivity (Wildman–Crippen MR) is 46.7 cm³/mol. The van der Waals surface area contributed by atoms with E-state index < -0.39 is 0 Å². The molecule has 0 bridgehead atoms. The molecule has 0 aromatic rings. The van der Waals surface area contributed by atoms with Gasteiger partial charge in [-0.25, -0.2) is 0 Å². The highest BCUT2D eigenvalue weighted by atomic mass is 79.9. The Labute approximate surface area is 75.4 Å². The molecule has 1 fully saturated rings. The van der Waals surface area contributed by atoms with E-state index in [1.807, 2.05) is 0 Å². The summed E-state index contributed by atoms with van der Waals surface area (Å²) in [6, 6.07) is 0. The quantitative estimate of drug-likeness (QED) is 0.536. The van der Waals surface area contributed by atoms with Crippen molar-refractivity contribution in [2.24, 2.45) is 5.41 Å². The van der Waals surface area contributed by atoms with Crippen LogP contribution >= 0.6 is 15.9 Å². The van der Waals surface area contributed by atoms with Crippen molar-refractivity contribution in [3.8, 4) is 0 Å². The first-order chi connectivity index (χ1) is 5.22. The van der Waals surface area contributed by atoms with Crippen molar-refractivity contribution in [3.63, 3.8) is 0 Å². The molecule has 0 unspecified atom stereocenters. The third-order valence-corrected chi connectivity index (χ3v) is 2.73. The Morgan fingerprint density at radius 2 is 2.27 bits per heavy atom. The summed E-state index contributed by atoms with van der Waals surface area (Å²) in [7, 11) is 1.45. The van der Waals surface area contributed by atoms with E-state index in [4.69, 9.17) is 0 Å². The molecule has 0 N–H and O–H groups in total. The largest absolute Gasteiger partial charge is 0.469 e. The molecule has 11 heavy (non-hydrogen) atoms. The lowest BCUT2D eigenvalue weighted by Crippen LogP contribution is -2.10. The van der Waals surface area contributed by atoms with Crippen LogP contribution < -0.4 is 0 Å². The van der Waals surface area contributed by atoms with E-state index in [9.17, 15) is 4.79 Å². The van der Waals surface area contributed by atoms with E-state index in [-0.39, 0.29) is 5.97 Å². The molecule has 1 rings (SSSR count). The van der Waals surface area contributed by atoms with Crippen molar-refractivity contribution < 1.29 is 9.53 Å². The summed E-state index contributed by atoms with van der Waals surface area (Å²) >= 11 is 3.38. The minimum absolute atomic E-state index is 0.0662. The fourth-order valence-electron chi connectivity index (χ4n) is 1.27. The molecule has 0 amide bonds. The molecule has 0 spiro atoms. The molecule has 1 saturated carbocycles. The molecule has 0 aliphatic heterocycles. The van der Waals surface area contributed by atoms with Gasteiger partial charge in [-0.15, -0.1) is 0 Å². The average molecular weight is 221 g/mol. The summed E-state index contributed by atoms with van der Waals surface area (Å²) in [6.07, 6.45) is 4.08. The number of esters is 1. The summed E-state index contributed by atoms with van der Waals surface area (Å²) in [6.45, 7) is 0. The van der Waals surface area contributed by atoms with Crippen LogP contribution in [0.4, 0.5) is 0 Å². The number of hydrogen-bond acceptors (Lipinski definition) is 2. The van der Waals surface area contributed by atoms with Gasteiger partial charge in [0, 0.05) is 5.33 Å². The monoisotopic (exact) mass is 220 g/mol. The van der Waals surface area contributed by atoms with Crippen molar-refractivity contribution in [1.82, 2.24) is 0 Å². The van der Waals surface area contributed by atoms with E-state index >= 15 is 0 Å². The third-order valence-electron chi connectivity index (χ3n) is 2.33. The molecule has 0 radical (unpaired) electrons. The highest BCUT2D eigenvalue weighted by Gasteiger charge is 2.43. The van der Waals surface area contributed by atoms with E-state index in [0.717, 1.165) is 11.8 Å². The first-order valence-corrected chi connectivity index (χ1v) is 4.97. The highest BCUT2D eigenvalue weighted by Crippen LogP contribution is 2.52. The van der Waals surface area contributed by atoms with Crippen molar-refractivity contribution in [2.45, 2.75) is 25.7 Å². The van der Waals surface area contributed by atoms with Gasteiger partial charge < -0.3 is 4.74 Å². The van der Waals surface area contributed by atoms with Crippen LogP contribution in [0.25, 0.3) is 0 Å². The number of ether oxygens (including phenoxy) is 1. The number of carbonyl (C=O) groups is 1. The number of halogens is 1. The maximum atomic E-state index is 10.9. The minimum atomic E-state index is -0.0662. The standard InChI is InChI=1S/C8H13BrO2/c1-11-7(10)6-8(2-3-8)4-5-9/h2-6H2,1H3. The number of rotatable bonds is 4. The summed E-state index contributed by atoms with van der Waals surface area (Å²) in [5, 5.41) is 0.990. The van der Waals surface area contributed by atoms with Crippen LogP contribution in [0.3, 0.4) is 0 Å². The van der Waals surface area contributed by atoms with Gasteiger partial charge in [0.25, 0.3) is 0 Å². The van der Waals surface area contributed by atoms with Gasteiger partial charge in [0.1, 0.15) is 0 Å². The number of hydrogen-bond donors (Lipinski definition) is 0. The SMILES string of the molecule is COC(=O)CC1(CCBr)CC1. The summed E-state index contributed by atoms with van der Waals surface area (Å²) in [5.41, 5.74) is 0.302. The van der Waals surface area contributed by atoms with Crippen LogP contribution in [0.5, 0.6) is 0 Å². The molecule has 0 heterocycles. The normalized spacial score (nSPS) is 19.5. The summed E-state index contributed by atoms with van der Waals surface area (Å²) in [5.74, 6) is -0.0662. The molecule has 3 heteroatoms. The third kappa shape index (κ3) is 2.47. The van der Waals surface area contributed by atoms with Crippen molar-refractivity contribution in [1.29, 1.82) is 0 Å². The van der Waals surface area contributed by atoms with E-state index in [1.54, 1.807) is 0 Å². The number of carbonyl (C=O) groups excluding carboxylic acids is 1. The molecule has 64 valence electrons. The molecule has 0 atom stereocenters. The van der Waals surface area contributed by atoms with Gasteiger partial charge in [0.15, 0.2) is 0 Å². The van der Waals surface area contributed by atoms with E-state index in [2.05, 4.69) is 20.7 Å². The van der Waals surface area contributed by atoms with Crippen LogP contribution in [0.1, 0.15) is 25.7 Å². The Morgan fingerprint density at radius 1 is 1.64 bits per heavy atom. The molecule has 1 aliphatic carbocycles. The van der Waals surface area contributed by atoms with Crippen LogP contribution in [0.15, 0.2) is 0 Å². The van der Waals surface area contributed by atoms with E-state index in [1.165, 1.54) is 20.0 Å². The molecule has 0 saturated heterocycles. The van der Waals surface area contributed by atoms with Gasteiger partial charge in [-0.3, -0.25) is 4.79 Å². The van der Waals surface area contributed by atoms with Crippen LogP contribution in [0, 0.1) is 5.41 Å². The predicted octanol–water partition coefficient (Wildman–Crippen LogP) is 2.11. The first kappa shape index (κ1) is 9.04. The highest BCUT2D eigenvalue weighted by molar-refractivity contribution is 9.09. The molecule has 0 aromatic carbocycles. The van der Waals surface area contributed by atoms with Crippen LogP contribution in [-0.2, 0) is 9.53 Å². The van der Waals surface area contributed by atoms with Gasteiger partial charge in [-0.05, 0) is 24.7 Å². The molecule has 2 nitrogen and oxygen atoms in total. The topological polar surface area (TPSA) is 26.3 Å². The Hall–Kier alpha value is -0.0500. The average Bonchev–Trinajstić information content (AvgIpc) is 2.70. The number of methoxy groups -OCH3 is 1. The lowest BCUT2D eigenvalue weighted by molar-refractivity contribution is -0.142. The van der Waals surface area contributed by atoms with Crippen LogP contribution in [-0.4, -0.2) is 18.4 Å². The van der Waals surface area contributed by atoms with Crippen molar-refractivity contribution >= 4 is 21.9 Å². The smallest absolute Gasteiger partial charge is 0.306 e. The van der Waals surface area contributed by atoms with Gasteiger partial charge >= 0.3 is 5.97 Å². The van der Waals surface area contributed by atoms with Gasteiger partial charge in [-0.1, -0.05) is 15.9 Å². The Kier molecular flexibility index (Phi) is 2.93. The Bertz CT molecular complexity index is 152. The lowest BCUT2D eigenvalue weighted by atomic mass is 10.00. The van der Waals surface area contributed by atoms with Crippen LogP contribution in [0.2, 0.25) is 0 Å². The zero-order valence-corrected chi connectivity index (χ0v) is 8.32. The zero-order valence-electron chi connectivity index (χ0n) is 6.73. The molecular weight excluding hydrogens is 208 g/mol. The number of alkyl halides is 1. The zero-order chi connectivity index (χ0) is 8.32. The van der Waals surface area contributed by atoms with Gasteiger partial charge in [0.05, 0.1) is 13.5 Å². The summed E-state index contributed by atoms with van der Waals surface area (Å²) < 4.78 is 4.62. The second-order valence-corrected chi connectivity index (χ2v) is 3.98. The molecule has 1 aliphatic rings. The maximum Gasteiger partial charge on any atom is 0.306 e. The molecular formula is C8H13BrO2. The van der Waals surface area contributed by atoms with Crippen molar-refractivity contribution in [2.75, 3.05) is 12.4 Å². The van der Waals surface area contributed by atoms with Crippen molar-refractivity contribution in [3.05, 3.63) is 0 Å². The first-order valence-electron chi connectivity index (χ1n) is 3.85. The fraction of sp³-hybridized carbons (Fsp3) is 0.875. The maximum absolute atomic E-state index is 10.9. The summed E-state index contributed by atoms with van der Waals surface area (Å²) in [4.78, 5) is 10.9. The minimum Gasteiger partial charge on any atom is -0.469 e. The molecule has 0 aromatic heterocycles. The second-order valence-electron chi connectivity index (χ2n) is 3.19. The van der Waals surface area contributed by atoms with E-state index in [0.29, 0.717) is 11.8 Å². The Morgan fingerprint density at radius 3 is 2.64 bits per heavy atom. The fourth-order valence-corrected chi connectivity index (χ4v) is 2.11.